The van der Waals surface area contributed by atoms with E-state index in [2.05, 4.69) is 11.8 Å². The zero-order chi connectivity index (χ0) is 13.8. The summed E-state index contributed by atoms with van der Waals surface area (Å²) in [6, 6.07) is 5.64. The lowest BCUT2D eigenvalue weighted by Crippen LogP contribution is -2.20. The second-order valence-electron chi connectivity index (χ2n) is 4.88. The number of anilines is 1. The van der Waals surface area contributed by atoms with Gasteiger partial charge in [-0.1, -0.05) is 24.9 Å². The van der Waals surface area contributed by atoms with Gasteiger partial charge in [0.05, 0.1) is 0 Å². The molecule has 0 aliphatic carbocycles. The van der Waals surface area contributed by atoms with Crippen molar-refractivity contribution in [3.63, 3.8) is 0 Å². The molecule has 1 atom stereocenters. The Morgan fingerprint density at radius 3 is 3.00 bits per heavy atom. The molecular formula is C15H18ClNO2. The average Bonchev–Trinajstić information content (AvgIpc) is 2.85. The maximum absolute atomic E-state index is 10.7. The van der Waals surface area contributed by atoms with Gasteiger partial charge >= 0.3 is 5.97 Å². The number of carboxylic acid groups (broad SMARTS) is 1. The van der Waals surface area contributed by atoms with Gasteiger partial charge in [0.15, 0.2) is 0 Å². The van der Waals surface area contributed by atoms with Crippen LogP contribution in [0.4, 0.5) is 5.69 Å². The lowest BCUT2D eigenvalue weighted by molar-refractivity contribution is -0.131. The topological polar surface area (TPSA) is 40.5 Å². The fraction of sp³-hybridized carbons (Fsp3) is 0.400. The first-order valence-corrected chi connectivity index (χ1v) is 6.93. The van der Waals surface area contributed by atoms with Crippen molar-refractivity contribution in [3.8, 4) is 0 Å². The molecule has 0 saturated carbocycles. The summed E-state index contributed by atoms with van der Waals surface area (Å²) in [6.45, 7) is 4.27. The molecule has 1 fully saturated rings. The van der Waals surface area contributed by atoms with Crippen molar-refractivity contribution in [2.75, 3.05) is 18.0 Å². The van der Waals surface area contributed by atoms with Gasteiger partial charge in [-0.05, 0) is 42.2 Å². The SMILES string of the molecule is CCC1CCN(c2ccc(Cl)cc2/C=C/C(=O)O)C1. The van der Waals surface area contributed by atoms with E-state index in [1.807, 2.05) is 18.2 Å². The van der Waals surface area contributed by atoms with E-state index in [1.54, 1.807) is 6.08 Å². The Kier molecular flexibility index (Phi) is 4.48. The standard InChI is InChI=1S/C15H18ClNO2/c1-2-11-7-8-17(10-11)14-5-4-13(16)9-12(14)3-6-15(18)19/h3-6,9,11H,2,7-8,10H2,1H3,(H,18,19)/b6-3+. The third-order valence-corrected chi connectivity index (χ3v) is 3.83. The van der Waals surface area contributed by atoms with Crippen LogP contribution in [0.2, 0.25) is 5.02 Å². The molecule has 0 spiro atoms. The summed E-state index contributed by atoms with van der Waals surface area (Å²) >= 11 is 5.99. The van der Waals surface area contributed by atoms with Gasteiger partial charge < -0.3 is 10.0 Å². The number of benzene rings is 1. The maximum atomic E-state index is 10.7. The van der Waals surface area contributed by atoms with Gasteiger partial charge in [-0.2, -0.15) is 0 Å². The molecule has 1 aliphatic rings. The molecule has 1 saturated heterocycles. The molecular weight excluding hydrogens is 262 g/mol. The van der Waals surface area contributed by atoms with Crippen LogP contribution >= 0.6 is 11.6 Å². The number of carbonyl (C=O) groups is 1. The van der Waals surface area contributed by atoms with Crippen LogP contribution in [-0.2, 0) is 4.79 Å². The van der Waals surface area contributed by atoms with Crippen molar-refractivity contribution in [3.05, 3.63) is 34.9 Å². The first-order chi connectivity index (χ1) is 9.10. The van der Waals surface area contributed by atoms with Gasteiger partial charge in [0.2, 0.25) is 0 Å². The monoisotopic (exact) mass is 279 g/mol. The summed E-state index contributed by atoms with van der Waals surface area (Å²) in [5.41, 5.74) is 1.93. The molecule has 2 rings (SSSR count). The summed E-state index contributed by atoms with van der Waals surface area (Å²) < 4.78 is 0. The van der Waals surface area contributed by atoms with E-state index in [-0.39, 0.29) is 0 Å². The number of hydrogen-bond acceptors (Lipinski definition) is 2. The molecule has 19 heavy (non-hydrogen) atoms. The highest BCUT2D eigenvalue weighted by molar-refractivity contribution is 6.30. The predicted molar refractivity (Wildman–Crippen MR) is 78.7 cm³/mol. The van der Waals surface area contributed by atoms with Crippen molar-refractivity contribution < 1.29 is 9.90 Å². The van der Waals surface area contributed by atoms with Crippen LogP contribution in [0.5, 0.6) is 0 Å². The van der Waals surface area contributed by atoms with E-state index >= 15 is 0 Å². The first kappa shape index (κ1) is 13.9. The molecule has 0 radical (unpaired) electrons. The zero-order valence-corrected chi connectivity index (χ0v) is 11.7. The smallest absolute Gasteiger partial charge is 0.328 e. The van der Waals surface area contributed by atoms with Gasteiger partial charge in [-0.3, -0.25) is 0 Å². The Morgan fingerprint density at radius 2 is 2.37 bits per heavy atom. The van der Waals surface area contributed by atoms with Gasteiger partial charge in [-0.15, -0.1) is 0 Å². The van der Waals surface area contributed by atoms with Crippen molar-refractivity contribution in [2.24, 2.45) is 5.92 Å². The average molecular weight is 280 g/mol. The Balaban J connectivity index is 2.27. The van der Waals surface area contributed by atoms with E-state index in [1.165, 1.54) is 12.8 Å². The highest BCUT2D eigenvalue weighted by atomic mass is 35.5. The minimum absolute atomic E-state index is 0.625. The van der Waals surface area contributed by atoms with Gasteiger partial charge in [0.25, 0.3) is 0 Å². The van der Waals surface area contributed by atoms with Gasteiger partial charge in [-0.25, -0.2) is 4.79 Å². The molecule has 1 aliphatic heterocycles. The second kappa shape index (κ2) is 6.11. The summed E-state index contributed by atoms with van der Waals surface area (Å²) in [4.78, 5) is 13.0. The maximum Gasteiger partial charge on any atom is 0.328 e. The van der Waals surface area contributed by atoms with E-state index in [0.29, 0.717) is 5.02 Å². The fourth-order valence-electron chi connectivity index (χ4n) is 2.49. The summed E-state index contributed by atoms with van der Waals surface area (Å²) in [7, 11) is 0. The summed E-state index contributed by atoms with van der Waals surface area (Å²) in [5, 5.41) is 9.37. The Morgan fingerprint density at radius 1 is 1.58 bits per heavy atom. The van der Waals surface area contributed by atoms with E-state index < -0.39 is 5.97 Å². The molecule has 0 amide bonds. The van der Waals surface area contributed by atoms with Crippen molar-refractivity contribution in [1.29, 1.82) is 0 Å². The Labute approximate surface area is 118 Å². The van der Waals surface area contributed by atoms with Gasteiger partial charge in [0, 0.05) is 29.9 Å². The van der Waals surface area contributed by atoms with Gasteiger partial charge in [0.1, 0.15) is 0 Å². The fourth-order valence-corrected chi connectivity index (χ4v) is 2.67. The van der Waals surface area contributed by atoms with E-state index in [0.717, 1.165) is 36.3 Å². The van der Waals surface area contributed by atoms with Crippen molar-refractivity contribution in [1.82, 2.24) is 0 Å². The molecule has 102 valence electrons. The van der Waals surface area contributed by atoms with Crippen LogP contribution in [0, 0.1) is 5.92 Å². The quantitative estimate of drug-likeness (QED) is 0.855. The van der Waals surface area contributed by atoms with Crippen LogP contribution < -0.4 is 4.90 Å². The van der Waals surface area contributed by atoms with Crippen LogP contribution in [0.15, 0.2) is 24.3 Å². The third kappa shape index (κ3) is 3.51. The highest BCUT2D eigenvalue weighted by Crippen LogP contribution is 2.31. The van der Waals surface area contributed by atoms with Crippen LogP contribution in [0.3, 0.4) is 0 Å². The summed E-state index contributed by atoms with van der Waals surface area (Å²) in [6.07, 6.45) is 5.15. The Bertz CT molecular complexity index is 499. The number of nitrogens with zero attached hydrogens (tertiary/aromatic N) is 1. The number of halogens is 1. The highest BCUT2D eigenvalue weighted by Gasteiger charge is 2.22. The van der Waals surface area contributed by atoms with Crippen molar-refractivity contribution in [2.45, 2.75) is 19.8 Å². The molecule has 4 heteroatoms. The number of rotatable bonds is 4. The number of hydrogen-bond donors (Lipinski definition) is 1. The molecule has 1 heterocycles. The summed E-state index contributed by atoms with van der Waals surface area (Å²) in [5.74, 6) is -0.217. The largest absolute Gasteiger partial charge is 0.478 e. The van der Waals surface area contributed by atoms with E-state index in [4.69, 9.17) is 16.7 Å². The molecule has 1 aromatic rings. The normalized spacial score (nSPS) is 19.3. The minimum atomic E-state index is -0.946. The third-order valence-electron chi connectivity index (χ3n) is 3.60. The second-order valence-corrected chi connectivity index (χ2v) is 5.32. The lowest BCUT2D eigenvalue weighted by Gasteiger charge is -2.21. The lowest BCUT2D eigenvalue weighted by atomic mass is 10.1. The van der Waals surface area contributed by atoms with Crippen LogP contribution in [0.25, 0.3) is 6.08 Å². The van der Waals surface area contributed by atoms with Crippen molar-refractivity contribution >= 4 is 29.3 Å². The molecule has 1 aromatic carbocycles. The number of carboxylic acids is 1. The molecule has 0 bridgehead atoms. The first-order valence-electron chi connectivity index (χ1n) is 6.55. The number of aliphatic carboxylic acids is 1. The van der Waals surface area contributed by atoms with E-state index in [9.17, 15) is 4.79 Å². The molecule has 3 nitrogen and oxygen atoms in total. The minimum Gasteiger partial charge on any atom is -0.478 e. The predicted octanol–water partition coefficient (Wildman–Crippen LogP) is 3.67. The molecule has 1 N–H and O–H groups in total. The van der Waals surface area contributed by atoms with Crippen LogP contribution in [0.1, 0.15) is 25.3 Å². The molecule has 1 unspecified atom stereocenters. The van der Waals surface area contributed by atoms with Crippen LogP contribution in [-0.4, -0.2) is 24.2 Å². The zero-order valence-electron chi connectivity index (χ0n) is 11.0. The molecule has 0 aromatic heterocycles. The Hall–Kier alpha value is -1.48.